The van der Waals surface area contributed by atoms with Crippen LogP contribution < -0.4 is 37.7 Å². The van der Waals surface area contributed by atoms with Crippen LogP contribution in [0.5, 0.6) is 0 Å². The Labute approximate surface area is 402 Å². The second-order valence-electron chi connectivity index (χ2n) is 19.8. The summed E-state index contributed by atoms with van der Waals surface area (Å²) in [6.07, 6.45) is 0.943. The van der Waals surface area contributed by atoms with Crippen LogP contribution in [0.25, 0.3) is 99.1 Å². The molecule has 1 nitrogen and oxygen atoms in total. The van der Waals surface area contributed by atoms with E-state index < -0.39 is 0 Å². The maximum absolute atomic E-state index is 2.67. The van der Waals surface area contributed by atoms with E-state index in [9.17, 15) is 0 Å². The lowest BCUT2D eigenvalue weighted by Gasteiger charge is -2.40. The molecule has 69 heavy (non-hydrogen) atoms. The van der Waals surface area contributed by atoms with Gasteiger partial charge in [-0.1, -0.05) is 216 Å². The Bertz CT molecular complexity index is 4190. The van der Waals surface area contributed by atoms with Gasteiger partial charge in [0, 0.05) is 18.4 Å². The molecule has 0 unspecified atom stereocenters. The second-order valence-corrected chi connectivity index (χ2v) is 19.8. The number of benzene rings is 12. The number of fused-ring (bicyclic) bond motifs is 8. The Hall–Kier alpha value is -8.39. The van der Waals surface area contributed by atoms with Gasteiger partial charge in [0.15, 0.2) is 0 Å². The highest BCUT2D eigenvalue weighted by molar-refractivity contribution is 7.02. The summed E-state index contributed by atoms with van der Waals surface area (Å²) in [6.45, 7) is 0.166. The zero-order valence-corrected chi connectivity index (χ0v) is 38.1. The average Bonchev–Trinajstić information content (AvgIpc) is 3.42. The largest absolute Gasteiger partial charge is 0.345 e. The Morgan fingerprint density at radius 3 is 1.38 bits per heavy atom. The van der Waals surface area contributed by atoms with Gasteiger partial charge in [0.05, 0.1) is 0 Å². The minimum Gasteiger partial charge on any atom is -0.345 e. The van der Waals surface area contributed by atoms with Crippen molar-refractivity contribution in [2.45, 2.75) is 6.42 Å². The summed E-state index contributed by atoms with van der Waals surface area (Å²) in [5, 5.41) is 8.22. The van der Waals surface area contributed by atoms with Gasteiger partial charge < -0.3 is 4.90 Å². The summed E-state index contributed by atoms with van der Waals surface area (Å²) in [5.41, 5.74) is 29.4. The van der Waals surface area contributed by atoms with Crippen molar-refractivity contribution in [1.29, 1.82) is 0 Å². The number of para-hydroxylation sites is 1. The highest BCUT2D eigenvalue weighted by Crippen LogP contribution is 2.52. The Kier molecular flexibility index (Phi) is 7.56. The van der Waals surface area contributed by atoms with Gasteiger partial charge in [0.2, 0.25) is 13.4 Å². The quantitative estimate of drug-likeness (QED) is 0.126. The molecule has 0 fully saturated rings. The maximum Gasteiger partial charge on any atom is 0.248 e. The van der Waals surface area contributed by atoms with Gasteiger partial charge in [0.25, 0.3) is 0 Å². The third kappa shape index (κ3) is 4.97. The van der Waals surface area contributed by atoms with Crippen LogP contribution in [-0.2, 0) is 6.42 Å². The molecule has 3 heteroatoms. The molecule has 12 aromatic carbocycles. The van der Waals surface area contributed by atoms with Crippen molar-refractivity contribution in [2.75, 3.05) is 11.9 Å². The molecule has 0 aromatic heterocycles. The first-order valence-corrected chi connectivity index (χ1v) is 24.5. The van der Waals surface area contributed by atoms with E-state index in [0.717, 1.165) is 6.42 Å². The molecule has 12 aromatic rings. The van der Waals surface area contributed by atoms with E-state index in [1.807, 2.05) is 0 Å². The van der Waals surface area contributed by atoms with Crippen molar-refractivity contribution in [1.82, 2.24) is 0 Å². The van der Waals surface area contributed by atoms with Crippen LogP contribution in [0.15, 0.2) is 218 Å². The summed E-state index contributed by atoms with van der Waals surface area (Å²) < 4.78 is 0. The lowest BCUT2D eigenvalue weighted by molar-refractivity contribution is 1.21. The average molecular weight is 870 g/mol. The summed E-state index contributed by atoms with van der Waals surface area (Å²) in [5.74, 6) is 0. The number of anilines is 2. The molecule has 0 saturated carbocycles. The standard InChI is InChI=1S/C66H41B2N/c1-69-59-32-15-14-31-56(59)68-58-38-54-49(45-26-11-9-24-43(45)39-18-4-2-5-19-39)35-51-47-28-16-23-42-34-41-22-8-13-30-55(41)67(65(42)47)57-37-53-50(46-27-12-10-25-44(46)40-20-6-3-7-21-40)36-52(48-29-17-33-60(69)66(48)68)62(58)64(53)63(54)61(51)57/h2-33,35-38H,34H2,1H3. The summed E-state index contributed by atoms with van der Waals surface area (Å²) in [7, 11) is 2.25. The van der Waals surface area contributed by atoms with Crippen LogP contribution in [0.3, 0.4) is 0 Å². The van der Waals surface area contributed by atoms with Gasteiger partial charge in [0.1, 0.15) is 0 Å². The molecule has 316 valence electrons. The first-order chi connectivity index (χ1) is 34.2. The molecular weight excluding hydrogens is 828 g/mol. The molecular formula is C66H41B2N. The van der Waals surface area contributed by atoms with Crippen LogP contribution in [-0.4, -0.2) is 20.5 Å². The summed E-state index contributed by atoms with van der Waals surface area (Å²) >= 11 is 0. The fourth-order valence-electron chi connectivity index (χ4n) is 13.8. The van der Waals surface area contributed by atoms with Crippen LogP contribution in [0, 0.1) is 0 Å². The van der Waals surface area contributed by atoms with E-state index in [2.05, 4.69) is 230 Å². The van der Waals surface area contributed by atoms with E-state index in [1.54, 1.807) is 0 Å². The SMILES string of the molecule is CN1c2ccccc2B2c3c(cccc31)-c1cc(-c3ccccc3-c3ccccc3)c3cc4c5c(cc(-c6ccccc6-c6ccccc6)c6cc2c1c3c65)-c1cccc2c1B4c1ccccc1C2. The minimum atomic E-state index is 0.0583. The van der Waals surface area contributed by atoms with Gasteiger partial charge in [-0.15, -0.1) is 0 Å². The van der Waals surface area contributed by atoms with Gasteiger partial charge in [-0.3, -0.25) is 0 Å². The van der Waals surface area contributed by atoms with E-state index in [1.165, 1.54) is 154 Å². The van der Waals surface area contributed by atoms with Crippen LogP contribution >= 0.6 is 0 Å². The highest BCUT2D eigenvalue weighted by Gasteiger charge is 2.43. The molecule has 0 spiro atoms. The van der Waals surface area contributed by atoms with Gasteiger partial charge in [-0.2, -0.15) is 0 Å². The molecule has 0 bridgehead atoms. The van der Waals surface area contributed by atoms with Crippen molar-refractivity contribution in [3.05, 3.63) is 230 Å². The number of nitrogens with zero attached hydrogens (tertiary/aromatic N) is 1. The predicted molar refractivity (Wildman–Crippen MR) is 296 cm³/mol. The van der Waals surface area contributed by atoms with Crippen molar-refractivity contribution in [3.8, 4) is 66.8 Å². The topological polar surface area (TPSA) is 3.24 Å². The van der Waals surface area contributed by atoms with Crippen LogP contribution in [0.1, 0.15) is 11.1 Å². The van der Waals surface area contributed by atoms with Gasteiger partial charge >= 0.3 is 0 Å². The van der Waals surface area contributed by atoms with E-state index in [4.69, 9.17) is 0 Å². The third-order valence-corrected chi connectivity index (χ3v) is 16.5. The van der Waals surface area contributed by atoms with Crippen LogP contribution in [0.2, 0.25) is 0 Å². The lowest BCUT2D eigenvalue weighted by atomic mass is 9.30. The molecule has 4 aliphatic rings. The van der Waals surface area contributed by atoms with Crippen LogP contribution in [0.4, 0.5) is 11.4 Å². The lowest BCUT2D eigenvalue weighted by Crippen LogP contribution is -2.60. The first kappa shape index (κ1) is 37.7. The smallest absolute Gasteiger partial charge is 0.248 e. The first-order valence-electron chi connectivity index (χ1n) is 24.5. The van der Waals surface area contributed by atoms with Crippen molar-refractivity contribution < 1.29 is 0 Å². The number of hydrogen-bond donors (Lipinski definition) is 0. The van der Waals surface area contributed by atoms with E-state index in [-0.39, 0.29) is 13.4 Å². The molecule has 0 aliphatic carbocycles. The third-order valence-electron chi connectivity index (χ3n) is 16.5. The van der Waals surface area contributed by atoms with Crippen molar-refractivity contribution in [3.63, 3.8) is 0 Å². The number of hydrogen-bond acceptors (Lipinski definition) is 1. The number of rotatable bonds is 4. The molecule has 0 atom stereocenters. The van der Waals surface area contributed by atoms with Crippen molar-refractivity contribution >= 4 is 89.9 Å². The van der Waals surface area contributed by atoms with E-state index >= 15 is 0 Å². The normalized spacial score (nSPS) is 13.4. The molecule has 0 radical (unpaired) electrons. The minimum absolute atomic E-state index is 0.0583. The monoisotopic (exact) mass is 869 g/mol. The van der Waals surface area contributed by atoms with Gasteiger partial charge in [-0.05, 0) is 152 Å². The fraction of sp³-hybridized carbons (Fsp3) is 0.0303. The van der Waals surface area contributed by atoms with E-state index in [0.29, 0.717) is 0 Å². The predicted octanol–water partition coefficient (Wildman–Crippen LogP) is 12.2. The van der Waals surface area contributed by atoms with Crippen molar-refractivity contribution in [2.24, 2.45) is 0 Å². The zero-order chi connectivity index (χ0) is 45.1. The zero-order valence-electron chi connectivity index (χ0n) is 38.1. The molecule has 4 heterocycles. The fourth-order valence-corrected chi connectivity index (χ4v) is 13.8. The van der Waals surface area contributed by atoms with Gasteiger partial charge in [-0.25, -0.2) is 0 Å². The molecule has 4 aliphatic heterocycles. The maximum atomic E-state index is 2.67. The molecule has 0 N–H and O–H groups in total. The summed E-state index contributed by atoms with van der Waals surface area (Å²) in [4.78, 5) is 2.43. The Balaban J connectivity index is 1.16. The Morgan fingerprint density at radius 2 is 0.754 bits per heavy atom. The summed E-state index contributed by atoms with van der Waals surface area (Å²) in [6, 6.07) is 83.5. The second kappa shape index (κ2) is 13.8. The molecule has 0 saturated heterocycles. The molecule has 16 rings (SSSR count). The Morgan fingerprint density at radius 1 is 0.304 bits per heavy atom. The highest BCUT2D eigenvalue weighted by atomic mass is 15.1. The molecule has 0 amide bonds.